The number of hydrogen-bond donors (Lipinski definition) is 0. The fourth-order valence-corrected chi connectivity index (χ4v) is 2.17. The van der Waals surface area contributed by atoms with Crippen LogP contribution in [0.1, 0.15) is 34.1 Å². The Kier molecular flexibility index (Phi) is 5.28. The van der Waals surface area contributed by atoms with Gasteiger partial charge in [-0.3, -0.25) is 9.59 Å². The summed E-state index contributed by atoms with van der Waals surface area (Å²) in [6, 6.07) is 0. The third kappa shape index (κ3) is 3.50. The molecule has 1 saturated heterocycles. The highest BCUT2D eigenvalue weighted by Crippen LogP contribution is 2.34. The van der Waals surface area contributed by atoms with Crippen molar-refractivity contribution >= 4 is 17.7 Å². The van der Waals surface area contributed by atoms with Crippen molar-refractivity contribution in [3.8, 4) is 0 Å². The lowest BCUT2D eigenvalue weighted by Crippen LogP contribution is -2.55. The molecule has 0 amide bonds. The van der Waals surface area contributed by atoms with Crippen LogP contribution in [-0.2, 0) is 28.6 Å². The molecule has 6 heteroatoms. The Morgan fingerprint density at radius 2 is 2.10 bits per heavy atom. The van der Waals surface area contributed by atoms with Gasteiger partial charge in [0.2, 0.25) is 5.60 Å². The minimum absolute atomic E-state index is 0.0476. The van der Waals surface area contributed by atoms with E-state index in [1.54, 1.807) is 27.7 Å². The second kappa shape index (κ2) is 6.39. The van der Waals surface area contributed by atoms with Crippen LogP contribution in [0.25, 0.3) is 0 Å². The molecule has 1 heterocycles. The Morgan fingerprint density at radius 1 is 1.48 bits per heavy atom. The van der Waals surface area contributed by atoms with Crippen LogP contribution in [0.2, 0.25) is 0 Å². The summed E-state index contributed by atoms with van der Waals surface area (Å²) in [4.78, 5) is 36.7. The van der Waals surface area contributed by atoms with Gasteiger partial charge in [0.1, 0.15) is 11.5 Å². The summed E-state index contributed by atoms with van der Waals surface area (Å²) >= 11 is 0. The van der Waals surface area contributed by atoms with Crippen LogP contribution in [0, 0.1) is 5.92 Å². The van der Waals surface area contributed by atoms with E-state index in [0.717, 1.165) is 0 Å². The van der Waals surface area contributed by atoms with Gasteiger partial charge in [0.25, 0.3) is 0 Å². The van der Waals surface area contributed by atoms with E-state index in [-0.39, 0.29) is 19.6 Å². The highest BCUT2D eigenvalue weighted by atomic mass is 16.6. The second-order valence-corrected chi connectivity index (χ2v) is 5.72. The van der Waals surface area contributed by atoms with Gasteiger partial charge in [-0.15, -0.1) is 6.58 Å². The summed E-state index contributed by atoms with van der Waals surface area (Å²) in [5, 5.41) is 0. The minimum Gasteiger partial charge on any atom is -0.463 e. The standard InChI is InChI=1S/C15H22O6/c1-6-10(12(17)21-14(3,4)5)15(13(18)19-7-2)11(16)8-9-20-15/h6,10H,1,7-9H2,2-5H3/t10-,15-/m0/s1. The van der Waals surface area contributed by atoms with Crippen molar-refractivity contribution in [1.29, 1.82) is 0 Å². The lowest BCUT2D eigenvalue weighted by Gasteiger charge is -2.31. The maximum atomic E-state index is 12.3. The number of ether oxygens (including phenoxy) is 3. The average molecular weight is 298 g/mol. The first-order valence-corrected chi connectivity index (χ1v) is 6.89. The van der Waals surface area contributed by atoms with E-state index in [0.29, 0.717) is 0 Å². The molecule has 1 aliphatic heterocycles. The van der Waals surface area contributed by atoms with Crippen molar-refractivity contribution in [2.45, 2.75) is 45.3 Å². The number of Topliss-reactive ketones (excluding diaryl/α,β-unsaturated/α-hetero) is 1. The summed E-state index contributed by atoms with van der Waals surface area (Å²) in [6.07, 6.45) is 1.25. The molecule has 0 aromatic carbocycles. The van der Waals surface area contributed by atoms with E-state index in [9.17, 15) is 14.4 Å². The molecular formula is C15H22O6. The molecule has 1 aliphatic rings. The van der Waals surface area contributed by atoms with Gasteiger partial charge in [0, 0.05) is 6.42 Å². The van der Waals surface area contributed by atoms with Crippen molar-refractivity contribution in [2.24, 2.45) is 5.92 Å². The molecule has 0 aromatic heterocycles. The van der Waals surface area contributed by atoms with Gasteiger partial charge in [-0.25, -0.2) is 4.79 Å². The highest BCUT2D eigenvalue weighted by Gasteiger charge is 2.59. The molecule has 1 fully saturated rings. The second-order valence-electron chi connectivity index (χ2n) is 5.72. The van der Waals surface area contributed by atoms with Gasteiger partial charge in [0.15, 0.2) is 5.78 Å². The predicted octanol–water partition coefficient (Wildman–Crippen LogP) is 1.42. The zero-order valence-electron chi connectivity index (χ0n) is 12.9. The first-order chi connectivity index (χ1) is 9.69. The van der Waals surface area contributed by atoms with E-state index >= 15 is 0 Å². The van der Waals surface area contributed by atoms with E-state index < -0.39 is 34.8 Å². The summed E-state index contributed by atoms with van der Waals surface area (Å²) in [5.41, 5.74) is -2.73. The van der Waals surface area contributed by atoms with Crippen molar-refractivity contribution in [1.82, 2.24) is 0 Å². The molecule has 1 rings (SSSR count). The van der Waals surface area contributed by atoms with Gasteiger partial charge in [-0.2, -0.15) is 0 Å². The number of ketones is 1. The Labute approximate surface area is 124 Å². The fraction of sp³-hybridized carbons (Fsp3) is 0.667. The number of carbonyl (C=O) groups is 3. The molecule has 21 heavy (non-hydrogen) atoms. The Balaban J connectivity index is 3.17. The van der Waals surface area contributed by atoms with Gasteiger partial charge < -0.3 is 14.2 Å². The highest BCUT2D eigenvalue weighted by molar-refractivity contribution is 6.12. The number of hydrogen-bond acceptors (Lipinski definition) is 6. The largest absolute Gasteiger partial charge is 0.463 e. The van der Waals surface area contributed by atoms with Crippen LogP contribution in [-0.4, -0.2) is 42.1 Å². The lowest BCUT2D eigenvalue weighted by molar-refractivity contribution is -0.185. The molecule has 0 N–H and O–H groups in total. The summed E-state index contributed by atoms with van der Waals surface area (Å²) in [7, 11) is 0. The predicted molar refractivity (Wildman–Crippen MR) is 74.5 cm³/mol. The quantitative estimate of drug-likeness (QED) is 0.434. The van der Waals surface area contributed by atoms with Crippen LogP contribution in [0.15, 0.2) is 12.7 Å². The van der Waals surface area contributed by atoms with Crippen LogP contribution in [0.4, 0.5) is 0 Å². The molecule has 0 bridgehead atoms. The van der Waals surface area contributed by atoms with Gasteiger partial charge in [0.05, 0.1) is 13.2 Å². The van der Waals surface area contributed by atoms with Crippen LogP contribution >= 0.6 is 0 Å². The third-order valence-electron chi connectivity index (χ3n) is 2.99. The SMILES string of the molecule is C=C[C@@H](C(=O)OC(C)(C)C)[C@]1(C(=O)OCC)OCCC1=O. The average Bonchev–Trinajstić information content (AvgIpc) is 2.71. The lowest BCUT2D eigenvalue weighted by atomic mass is 9.83. The monoisotopic (exact) mass is 298 g/mol. The zero-order valence-corrected chi connectivity index (χ0v) is 12.9. The van der Waals surface area contributed by atoms with Gasteiger partial charge >= 0.3 is 11.9 Å². The fourth-order valence-electron chi connectivity index (χ4n) is 2.17. The van der Waals surface area contributed by atoms with E-state index in [1.165, 1.54) is 6.08 Å². The minimum atomic E-state index is -1.97. The maximum Gasteiger partial charge on any atom is 0.347 e. The smallest absolute Gasteiger partial charge is 0.347 e. The van der Waals surface area contributed by atoms with Crippen molar-refractivity contribution in [3.05, 3.63) is 12.7 Å². The number of rotatable bonds is 5. The Bertz CT molecular complexity index is 448. The van der Waals surface area contributed by atoms with Gasteiger partial charge in [-0.05, 0) is 27.7 Å². The van der Waals surface area contributed by atoms with Gasteiger partial charge in [-0.1, -0.05) is 6.08 Å². The van der Waals surface area contributed by atoms with Crippen molar-refractivity contribution < 1.29 is 28.6 Å². The van der Waals surface area contributed by atoms with E-state index in [1.807, 2.05) is 0 Å². The Hall–Kier alpha value is -1.69. The van der Waals surface area contributed by atoms with Crippen LogP contribution < -0.4 is 0 Å². The molecule has 2 atom stereocenters. The first-order valence-electron chi connectivity index (χ1n) is 6.89. The maximum absolute atomic E-state index is 12.3. The molecule has 118 valence electrons. The topological polar surface area (TPSA) is 78.9 Å². The molecule has 6 nitrogen and oxygen atoms in total. The molecule has 0 unspecified atom stereocenters. The molecular weight excluding hydrogens is 276 g/mol. The van der Waals surface area contributed by atoms with E-state index in [2.05, 4.69) is 6.58 Å². The molecule has 0 aliphatic carbocycles. The summed E-state index contributed by atoms with van der Waals surface area (Å²) in [5.74, 6) is -3.33. The molecule has 0 spiro atoms. The number of esters is 2. The third-order valence-corrected chi connectivity index (χ3v) is 2.99. The molecule has 0 radical (unpaired) electrons. The Morgan fingerprint density at radius 3 is 2.48 bits per heavy atom. The summed E-state index contributed by atoms with van der Waals surface area (Å²) < 4.78 is 15.5. The zero-order chi connectivity index (χ0) is 16.3. The van der Waals surface area contributed by atoms with Crippen molar-refractivity contribution in [2.75, 3.05) is 13.2 Å². The normalized spacial score (nSPS) is 23.5. The van der Waals surface area contributed by atoms with E-state index in [4.69, 9.17) is 14.2 Å². The van der Waals surface area contributed by atoms with Crippen molar-refractivity contribution in [3.63, 3.8) is 0 Å². The van der Waals surface area contributed by atoms with Crippen LogP contribution in [0.3, 0.4) is 0 Å². The first kappa shape index (κ1) is 17.4. The molecule has 0 saturated carbocycles. The number of carbonyl (C=O) groups excluding carboxylic acids is 3. The molecule has 0 aromatic rings. The summed E-state index contributed by atoms with van der Waals surface area (Å²) in [6.45, 7) is 10.4. The van der Waals surface area contributed by atoms with Crippen LogP contribution in [0.5, 0.6) is 0 Å².